The van der Waals surface area contributed by atoms with E-state index in [1.807, 2.05) is 37.4 Å². The first-order chi connectivity index (χ1) is 27.0. The van der Waals surface area contributed by atoms with Gasteiger partial charge in [-0.25, -0.2) is 23.2 Å². The summed E-state index contributed by atoms with van der Waals surface area (Å²) in [6, 6.07) is 21.0. The Morgan fingerprint density at radius 3 is 2.41 bits per heavy atom. The van der Waals surface area contributed by atoms with Crippen LogP contribution in [-0.4, -0.2) is 88.1 Å². The van der Waals surface area contributed by atoms with Gasteiger partial charge in [0.1, 0.15) is 0 Å². The number of piperidine rings is 2. The van der Waals surface area contributed by atoms with Gasteiger partial charge >= 0.3 is 6.03 Å². The molecule has 5 heterocycles. The van der Waals surface area contributed by atoms with E-state index >= 15 is 0 Å². The molecule has 0 saturated carbocycles. The molecule has 0 spiro atoms. The summed E-state index contributed by atoms with van der Waals surface area (Å²) in [5.41, 5.74) is 5.19. The Balaban J connectivity index is 0.891. The lowest BCUT2D eigenvalue weighted by atomic mass is 9.88. The topological polar surface area (TPSA) is 169 Å². The number of nitriles is 1. The fraction of sp³-hybridized carbons (Fsp3) is 0.350. The van der Waals surface area contributed by atoms with Crippen molar-refractivity contribution in [3.05, 3.63) is 94.8 Å². The highest BCUT2D eigenvalue weighted by atomic mass is 35.5. The number of urea groups is 1. The third kappa shape index (κ3) is 7.70. The molecule has 8 rings (SSSR count). The molecular weight excluding hydrogens is 752 g/mol. The van der Waals surface area contributed by atoms with Crippen LogP contribution in [0.4, 0.5) is 16.6 Å². The van der Waals surface area contributed by atoms with Crippen molar-refractivity contribution in [2.24, 2.45) is 7.05 Å². The Morgan fingerprint density at radius 2 is 1.68 bits per heavy atom. The number of hydrogen-bond donors (Lipinski definition) is 2. The number of benzene rings is 3. The van der Waals surface area contributed by atoms with E-state index in [-0.39, 0.29) is 23.3 Å². The van der Waals surface area contributed by atoms with Crippen molar-refractivity contribution in [3.63, 3.8) is 0 Å². The normalized spacial score (nSPS) is 17.9. The SMILES string of the molecule is Cn1nc(N2CCC(=O)NC2=O)c2ccc(C3CCN(Cc4ccc(-c5cccc(S(=O)(=O)N6CCC(Nc7ncc(Cl)cn7)CC6)c5)cc4C#N)CC3)cc21. The van der Waals surface area contributed by atoms with Crippen LogP contribution in [0, 0.1) is 11.3 Å². The Morgan fingerprint density at radius 1 is 0.929 bits per heavy atom. The first-order valence-electron chi connectivity index (χ1n) is 18.7. The third-order valence-electron chi connectivity index (χ3n) is 11.1. The maximum Gasteiger partial charge on any atom is 0.329 e. The van der Waals surface area contributed by atoms with E-state index in [0.717, 1.165) is 53.5 Å². The van der Waals surface area contributed by atoms with Gasteiger partial charge in [0.05, 0.1) is 39.5 Å². The Hall–Kier alpha value is -5.40. The number of hydrogen-bond acceptors (Lipinski definition) is 10. The maximum absolute atomic E-state index is 13.7. The second kappa shape index (κ2) is 15.6. The van der Waals surface area contributed by atoms with Crippen LogP contribution in [0.3, 0.4) is 0 Å². The highest BCUT2D eigenvalue weighted by Crippen LogP contribution is 2.35. The van der Waals surface area contributed by atoms with Crippen LogP contribution in [-0.2, 0) is 28.4 Å². The second-order valence-electron chi connectivity index (χ2n) is 14.6. The molecule has 5 aromatic rings. The predicted molar refractivity (Wildman–Crippen MR) is 213 cm³/mol. The number of sulfonamides is 1. The standard InChI is InChI=1S/C40H41ClN10O4S/c1-48-36-21-29(7-8-35(36)38(47-48)51-18-13-37(52)46-40(51)53)26-9-14-49(15-10-26)25-30-6-5-28(19-31(30)22-42)27-3-2-4-34(20-27)56(54,55)50-16-11-33(12-17-50)45-39-43-23-32(41)24-44-39/h2-8,19-21,23-24,26,33H,9-18,25H2,1H3,(H,43,44,45)(H,46,52,53). The van der Waals surface area contributed by atoms with Crippen LogP contribution < -0.4 is 15.5 Å². The van der Waals surface area contributed by atoms with E-state index < -0.39 is 16.1 Å². The summed E-state index contributed by atoms with van der Waals surface area (Å²) in [5, 5.41) is 21.8. The van der Waals surface area contributed by atoms with Crippen LogP contribution in [0.25, 0.3) is 22.0 Å². The summed E-state index contributed by atoms with van der Waals surface area (Å²) < 4.78 is 30.8. The Labute approximate surface area is 330 Å². The molecule has 3 fully saturated rings. The first-order valence-corrected chi connectivity index (χ1v) is 20.6. The summed E-state index contributed by atoms with van der Waals surface area (Å²) in [5.74, 6) is 1.11. The van der Waals surface area contributed by atoms with Crippen LogP contribution in [0.15, 0.2) is 78.0 Å². The molecule has 2 N–H and O–H groups in total. The summed E-state index contributed by atoms with van der Waals surface area (Å²) in [6.45, 7) is 3.42. The van der Waals surface area contributed by atoms with Crippen molar-refractivity contribution in [2.45, 2.75) is 55.5 Å². The average Bonchev–Trinajstić information content (AvgIpc) is 3.54. The van der Waals surface area contributed by atoms with Crippen molar-refractivity contribution < 1.29 is 18.0 Å². The molecule has 3 aliphatic rings. The maximum atomic E-state index is 13.7. The number of carbonyl (C=O) groups excluding carboxylic acids is 2. The van der Waals surface area contributed by atoms with Gasteiger partial charge in [-0.15, -0.1) is 0 Å². The van der Waals surface area contributed by atoms with Gasteiger partial charge in [-0.2, -0.15) is 14.7 Å². The van der Waals surface area contributed by atoms with E-state index in [0.29, 0.717) is 67.3 Å². The third-order valence-corrected chi connectivity index (χ3v) is 13.2. The molecule has 3 aromatic carbocycles. The number of amides is 3. The minimum Gasteiger partial charge on any atom is -0.351 e. The monoisotopic (exact) mass is 792 g/mol. The molecule has 2 aromatic heterocycles. The van der Waals surface area contributed by atoms with E-state index in [2.05, 4.69) is 48.8 Å². The van der Waals surface area contributed by atoms with Gasteiger partial charge in [0.25, 0.3) is 0 Å². The smallest absolute Gasteiger partial charge is 0.329 e. The number of aryl methyl sites for hydroxylation is 1. The van der Waals surface area contributed by atoms with Crippen LogP contribution >= 0.6 is 11.6 Å². The molecule has 56 heavy (non-hydrogen) atoms. The molecule has 288 valence electrons. The van der Waals surface area contributed by atoms with E-state index in [1.54, 1.807) is 22.9 Å². The minimum absolute atomic E-state index is 0.0490. The summed E-state index contributed by atoms with van der Waals surface area (Å²) in [7, 11) is -1.86. The molecule has 0 aliphatic carbocycles. The lowest BCUT2D eigenvalue weighted by Gasteiger charge is -2.32. The van der Waals surface area contributed by atoms with Gasteiger partial charge in [0, 0.05) is 51.1 Å². The van der Waals surface area contributed by atoms with Gasteiger partial charge in [-0.3, -0.25) is 24.6 Å². The zero-order chi connectivity index (χ0) is 39.0. The van der Waals surface area contributed by atoms with Gasteiger partial charge < -0.3 is 5.32 Å². The quantitative estimate of drug-likeness (QED) is 0.190. The van der Waals surface area contributed by atoms with Gasteiger partial charge in [-0.05, 0) is 97.3 Å². The van der Waals surface area contributed by atoms with Crippen LogP contribution in [0.5, 0.6) is 0 Å². The zero-order valence-electron chi connectivity index (χ0n) is 30.9. The van der Waals surface area contributed by atoms with Crippen molar-refractivity contribution in [3.8, 4) is 17.2 Å². The average molecular weight is 793 g/mol. The highest BCUT2D eigenvalue weighted by Gasteiger charge is 2.31. The minimum atomic E-state index is -3.73. The number of anilines is 2. The lowest BCUT2D eigenvalue weighted by Crippen LogP contribution is -2.49. The number of likely N-dealkylation sites (tertiary alicyclic amines) is 1. The second-order valence-corrected chi connectivity index (χ2v) is 17.0. The van der Waals surface area contributed by atoms with Crippen molar-refractivity contribution in [2.75, 3.05) is 42.9 Å². The fourth-order valence-electron chi connectivity index (χ4n) is 7.93. The number of rotatable bonds is 9. The number of nitrogens with one attached hydrogen (secondary N) is 2. The molecule has 0 unspecified atom stereocenters. The number of fused-ring (bicyclic) bond motifs is 1. The van der Waals surface area contributed by atoms with Crippen LogP contribution in [0.2, 0.25) is 5.02 Å². The van der Waals surface area contributed by atoms with Gasteiger partial charge in [0.15, 0.2) is 5.82 Å². The molecular formula is C40H41ClN10O4S. The summed E-state index contributed by atoms with van der Waals surface area (Å²) >= 11 is 5.89. The molecule has 14 nitrogen and oxygen atoms in total. The molecule has 16 heteroatoms. The van der Waals surface area contributed by atoms with Crippen molar-refractivity contribution >= 4 is 56.2 Å². The Bertz CT molecular complexity index is 2450. The van der Waals surface area contributed by atoms with E-state index in [4.69, 9.17) is 11.6 Å². The highest BCUT2D eigenvalue weighted by molar-refractivity contribution is 7.89. The lowest BCUT2D eigenvalue weighted by molar-refractivity contribution is -0.120. The van der Waals surface area contributed by atoms with Gasteiger partial charge in [0.2, 0.25) is 21.9 Å². The summed E-state index contributed by atoms with van der Waals surface area (Å²) in [4.78, 5) is 36.7. The number of halogens is 1. The number of aromatic nitrogens is 4. The molecule has 3 saturated heterocycles. The van der Waals surface area contributed by atoms with Crippen molar-refractivity contribution in [1.29, 1.82) is 5.26 Å². The van der Waals surface area contributed by atoms with E-state index in [1.165, 1.54) is 27.2 Å². The van der Waals surface area contributed by atoms with E-state index in [9.17, 15) is 23.3 Å². The molecule has 3 aliphatic heterocycles. The van der Waals surface area contributed by atoms with Crippen LogP contribution in [0.1, 0.15) is 54.7 Å². The largest absolute Gasteiger partial charge is 0.351 e. The number of imide groups is 1. The van der Waals surface area contributed by atoms with Gasteiger partial charge in [-0.1, -0.05) is 41.9 Å². The first kappa shape index (κ1) is 37.5. The zero-order valence-corrected chi connectivity index (χ0v) is 32.4. The molecule has 0 bridgehead atoms. The molecule has 3 amide bonds. The number of nitrogens with zero attached hydrogens (tertiary/aromatic N) is 8. The number of carbonyl (C=O) groups is 2. The predicted octanol–water partition coefficient (Wildman–Crippen LogP) is 5.65. The summed E-state index contributed by atoms with van der Waals surface area (Å²) in [6.07, 6.45) is 6.43. The molecule has 0 radical (unpaired) electrons. The van der Waals surface area contributed by atoms with Crippen molar-refractivity contribution in [1.82, 2.24) is 34.3 Å². The molecule has 0 atom stereocenters. The fourth-order valence-corrected chi connectivity index (χ4v) is 9.55. The Kier molecular flexibility index (Phi) is 10.5.